The van der Waals surface area contributed by atoms with Crippen LogP contribution in [-0.4, -0.2) is 32.9 Å². The Bertz CT molecular complexity index is 748. The van der Waals surface area contributed by atoms with Crippen LogP contribution in [0.4, 0.5) is 11.4 Å². The quantitative estimate of drug-likeness (QED) is 0.586. The molecule has 0 spiro atoms. The summed E-state index contributed by atoms with van der Waals surface area (Å²) in [6.07, 6.45) is 7.13. The van der Waals surface area contributed by atoms with Crippen LogP contribution in [-0.2, 0) is 9.53 Å². The maximum atomic E-state index is 12.1. The highest BCUT2D eigenvalue weighted by Gasteiger charge is 2.10. The summed E-state index contributed by atoms with van der Waals surface area (Å²) < 4.78 is 10.2. The number of hydrogen-bond acceptors (Lipinski definition) is 4. The number of benzene rings is 2. The second-order valence-corrected chi connectivity index (χ2v) is 6.54. The molecule has 1 amide bonds. The van der Waals surface area contributed by atoms with E-state index in [4.69, 9.17) is 9.47 Å². The van der Waals surface area contributed by atoms with Crippen molar-refractivity contribution in [2.45, 2.75) is 19.3 Å². The molecule has 27 heavy (non-hydrogen) atoms. The van der Waals surface area contributed by atoms with E-state index in [0.717, 1.165) is 30.1 Å². The van der Waals surface area contributed by atoms with Gasteiger partial charge in [-0.15, -0.1) is 0 Å². The Labute approximate surface area is 160 Å². The first-order valence-electron chi connectivity index (χ1n) is 9.30. The molecule has 0 atom stereocenters. The van der Waals surface area contributed by atoms with Gasteiger partial charge in [-0.05, 0) is 67.3 Å². The molecule has 1 aliphatic heterocycles. The van der Waals surface area contributed by atoms with Gasteiger partial charge in [0.1, 0.15) is 5.75 Å². The fourth-order valence-corrected chi connectivity index (χ4v) is 3.07. The number of amides is 1. The number of carbonyl (C=O) groups is 1. The third-order valence-electron chi connectivity index (χ3n) is 4.51. The summed E-state index contributed by atoms with van der Waals surface area (Å²) in [5.74, 6) is 0.577. The highest BCUT2D eigenvalue weighted by atomic mass is 16.7. The zero-order chi connectivity index (χ0) is 18.9. The average molecular weight is 366 g/mol. The van der Waals surface area contributed by atoms with E-state index in [2.05, 4.69) is 22.3 Å². The van der Waals surface area contributed by atoms with Crippen molar-refractivity contribution in [1.29, 1.82) is 0 Å². The van der Waals surface area contributed by atoms with Crippen molar-refractivity contribution >= 4 is 23.4 Å². The van der Waals surface area contributed by atoms with Gasteiger partial charge in [0.2, 0.25) is 5.91 Å². The summed E-state index contributed by atoms with van der Waals surface area (Å²) in [5, 5.41) is 2.90. The number of carbonyl (C=O) groups excluding carboxylic acids is 1. The van der Waals surface area contributed by atoms with Crippen molar-refractivity contribution in [2.75, 3.05) is 37.2 Å². The molecule has 2 aromatic rings. The number of piperidine rings is 1. The molecule has 1 aliphatic rings. The Morgan fingerprint density at radius 2 is 1.74 bits per heavy atom. The first kappa shape index (κ1) is 19.0. The molecule has 5 nitrogen and oxygen atoms in total. The number of nitrogens with one attached hydrogen (secondary N) is 1. The predicted octanol–water partition coefficient (Wildman–Crippen LogP) is 4.31. The summed E-state index contributed by atoms with van der Waals surface area (Å²) in [6, 6.07) is 15.5. The van der Waals surface area contributed by atoms with Crippen LogP contribution in [0.3, 0.4) is 0 Å². The van der Waals surface area contributed by atoms with Gasteiger partial charge in [-0.3, -0.25) is 4.79 Å². The third-order valence-corrected chi connectivity index (χ3v) is 4.51. The van der Waals surface area contributed by atoms with E-state index >= 15 is 0 Å². The van der Waals surface area contributed by atoms with Gasteiger partial charge in [-0.25, -0.2) is 0 Å². The molecule has 1 fully saturated rings. The summed E-state index contributed by atoms with van der Waals surface area (Å²) in [5.41, 5.74) is 2.95. The van der Waals surface area contributed by atoms with E-state index in [1.54, 1.807) is 13.2 Å². The second kappa shape index (κ2) is 9.78. The van der Waals surface area contributed by atoms with E-state index in [1.807, 2.05) is 36.4 Å². The lowest BCUT2D eigenvalue weighted by Crippen LogP contribution is -2.29. The van der Waals surface area contributed by atoms with E-state index < -0.39 is 0 Å². The molecular formula is C22H26N2O3. The van der Waals surface area contributed by atoms with Crippen molar-refractivity contribution in [3.05, 3.63) is 60.2 Å². The van der Waals surface area contributed by atoms with Crippen LogP contribution in [0.25, 0.3) is 6.08 Å². The lowest BCUT2D eigenvalue weighted by atomic mass is 10.1. The Hall–Kier alpha value is -2.79. The van der Waals surface area contributed by atoms with Gasteiger partial charge in [0.15, 0.2) is 6.79 Å². The first-order valence-corrected chi connectivity index (χ1v) is 9.30. The van der Waals surface area contributed by atoms with Crippen LogP contribution >= 0.6 is 0 Å². The van der Waals surface area contributed by atoms with Crippen molar-refractivity contribution < 1.29 is 14.3 Å². The highest BCUT2D eigenvalue weighted by molar-refractivity contribution is 6.02. The molecule has 0 aromatic heterocycles. The molecule has 0 aliphatic carbocycles. The van der Waals surface area contributed by atoms with E-state index in [0.29, 0.717) is 0 Å². The van der Waals surface area contributed by atoms with Crippen LogP contribution in [0, 0.1) is 0 Å². The van der Waals surface area contributed by atoms with Gasteiger partial charge in [0, 0.05) is 37.7 Å². The number of rotatable bonds is 7. The average Bonchev–Trinajstić information content (AvgIpc) is 2.73. The maximum Gasteiger partial charge on any atom is 0.248 e. The lowest BCUT2D eigenvalue weighted by molar-refractivity contribution is -0.111. The number of ether oxygens (including phenoxy) is 2. The molecule has 2 aromatic carbocycles. The fourth-order valence-electron chi connectivity index (χ4n) is 3.07. The van der Waals surface area contributed by atoms with Gasteiger partial charge >= 0.3 is 0 Å². The smallest absolute Gasteiger partial charge is 0.248 e. The summed E-state index contributed by atoms with van der Waals surface area (Å²) >= 11 is 0. The maximum absolute atomic E-state index is 12.1. The van der Waals surface area contributed by atoms with Crippen LogP contribution in [0.15, 0.2) is 54.6 Å². The number of methoxy groups -OCH3 is 1. The van der Waals surface area contributed by atoms with Gasteiger partial charge in [-0.1, -0.05) is 12.1 Å². The summed E-state index contributed by atoms with van der Waals surface area (Å²) in [6.45, 7) is 2.45. The molecule has 1 N–H and O–H groups in total. The second-order valence-electron chi connectivity index (χ2n) is 6.54. The molecule has 142 valence electrons. The molecule has 5 heteroatoms. The van der Waals surface area contributed by atoms with Crippen LogP contribution < -0.4 is 15.0 Å². The zero-order valence-electron chi connectivity index (χ0n) is 15.7. The van der Waals surface area contributed by atoms with E-state index in [9.17, 15) is 4.79 Å². The summed E-state index contributed by atoms with van der Waals surface area (Å²) in [4.78, 5) is 14.5. The Morgan fingerprint density at radius 3 is 2.41 bits per heavy atom. The Kier molecular flexibility index (Phi) is 6.88. The van der Waals surface area contributed by atoms with Crippen molar-refractivity contribution in [1.82, 2.24) is 0 Å². The topological polar surface area (TPSA) is 50.8 Å². The molecule has 0 unspecified atom stereocenters. The van der Waals surface area contributed by atoms with Crippen LogP contribution in [0.5, 0.6) is 5.75 Å². The minimum Gasteiger partial charge on any atom is -0.468 e. The molecule has 0 saturated carbocycles. The first-order chi connectivity index (χ1) is 13.2. The van der Waals surface area contributed by atoms with Gasteiger partial charge in [0.25, 0.3) is 0 Å². The Balaban J connectivity index is 1.51. The predicted molar refractivity (Wildman–Crippen MR) is 109 cm³/mol. The largest absolute Gasteiger partial charge is 0.468 e. The molecule has 1 saturated heterocycles. The SMILES string of the molecule is COCOc1ccc(/C=C/C(=O)Nc2ccc(N3CCCCC3)cc2)cc1. The van der Waals surface area contributed by atoms with Gasteiger partial charge in [-0.2, -0.15) is 0 Å². The normalized spacial score (nSPS) is 14.3. The molecular weight excluding hydrogens is 340 g/mol. The van der Waals surface area contributed by atoms with E-state index in [1.165, 1.54) is 31.0 Å². The van der Waals surface area contributed by atoms with Crippen molar-refractivity contribution in [2.24, 2.45) is 0 Å². The van der Waals surface area contributed by atoms with Crippen LogP contribution in [0.2, 0.25) is 0 Å². The van der Waals surface area contributed by atoms with Crippen LogP contribution in [0.1, 0.15) is 24.8 Å². The standard InChI is InChI=1S/C22H26N2O3/c1-26-17-27-21-12-5-18(6-13-21)7-14-22(25)23-19-8-10-20(11-9-19)24-15-3-2-4-16-24/h5-14H,2-4,15-17H2,1H3,(H,23,25)/b14-7+. The lowest BCUT2D eigenvalue weighted by Gasteiger charge is -2.28. The molecule has 0 bridgehead atoms. The Morgan fingerprint density at radius 1 is 1.04 bits per heavy atom. The number of hydrogen-bond donors (Lipinski definition) is 1. The molecule has 3 rings (SSSR count). The van der Waals surface area contributed by atoms with Crippen molar-refractivity contribution in [3.63, 3.8) is 0 Å². The minimum absolute atomic E-state index is 0.152. The monoisotopic (exact) mass is 366 g/mol. The van der Waals surface area contributed by atoms with Gasteiger partial charge < -0.3 is 19.7 Å². The molecule has 0 radical (unpaired) electrons. The highest BCUT2D eigenvalue weighted by Crippen LogP contribution is 2.22. The van der Waals surface area contributed by atoms with E-state index in [-0.39, 0.29) is 12.7 Å². The fraction of sp³-hybridized carbons (Fsp3) is 0.318. The van der Waals surface area contributed by atoms with Crippen molar-refractivity contribution in [3.8, 4) is 5.75 Å². The minimum atomic E-state index is -0.152. The number of anilines is 2. The molecule has 1 heterocycles. The summed E-state index contributed by atoms with van der Waals surface area (Å²) in [7, 11) is 1.58. The van der Waals surface area contributed by atoms with Gasteiger partial charge in [0.05, 0.1) is 0 Å². The third kappa shape index (κ3) is 5.86. The number of nitrogens with zero attached hydrogens (tertiary/aromatic N) is 1. The zero-order valence-corrected chi connectivity index (χ0v) is 15.7.